The Labute approximate surface area is 181 Å². The van der Waals surface area contributed by atoms with Gasteiger partial charge in [0.2, 0.25) is 0 Å². The monoisotopic (exact) mass is 446 g/mol. The molecule has 0 aliphatic rings. The van der Waals surface area contributed by atoms with Gasteiger partial charge in [-0.3, -0.25) is 4.79 Å². The normalized spacial score (nSPS) is 11.2. The molecule has 0 aromatic heterocycles. The minimum atomic E-state index is -4.49. The van der Waals surface area contributed by atoms with Crippen LogP contribution in [0.5, 0.6) is 0 Å². The number of anilines is 3. The summed E-state index contributed by atoms with van der Waals surface area (Å²) in [4.78, 5) is 13.9. The van der Waals surface area contributed by atoms with Crippen LogP contribution in [0, 0.1) is 18.6 Å². The first-order valence-corrected chi connectivity index (χ1v) is 9.53. The number of rotatable bonds is 6. The minimum Gasteiger partial charge on any atom is -0.337 e. The average molecular weight is 446 g/mol. The van der Waals surface area contributed by atoms with Crippen molar-refractivity contribution in [2.75, 3.05) is 16.8 Å². The molecule has 0 saturated heterocycles. The van der Waals surface area contributed by atoms with Crippen LogP contribution in [0.2, 0.25) is 0 Å². The maximum Gasteiger partial charge on any atom is 0.416 e. The summed E-state index contributed by atoms with van der Waals surface area (Å²) in [6.07, 6.45) is -2.94. The van der Waals surface area contributed by atoms with Crippen LogP contribution in [0.15, 0.2) is 73.3 Å². The van der Waals surface area contributed by atoms with Gasteiger partial charge in [0.05, 0.1) is 5.56 Å². The summed E-state index contributed by atoms with van der Waals surface area (Å²) >= 11 is 0. The molecule has 0 unspecified atom stereocenters. The van der Waals surface area contributed by atoms with Crippen molar-refractivity contribution in [2.45, 2.75) is 13.1 Å². The summed E-state index contributed by atoms with van der Waals surface area (Å²) in [7, 11) is 0. The molecule has 8 heteroatoms. The molecule has 1 N–H and O–H groups in total. The molecule has 32 heavy (non-hydrogen) atoms. The zero-order valence-electron chi connectivity index (χ0n) is 17.0. The minimum absolute atomic E-state index is 0.230. The number of carbonyl (C=O) groups excluding carboxylic acids is 1. The number of hydrogen-bond acceptors (Lipinski definition) is 2. The lowest BCUT2D eigenvalue weighted by molar-refractivity contribution is -0.137. The van der Waals surface area contributed by atoms with Crippen LogP contribution in [0.3, 0.4) is 0 Å². The first-order valence-electron chi connectivity index (χ1n) is 9.53. The largest absolute Gasteiger partial charge is 0.416 e. The van der Waals surface area contributed by atoms with E-state index in [0.717, 1.165) is 30.3 Å². The fraction of sp³-hybridized carbons (Fsp3) is 0.125. The van der Waals surface area contributed by atoms with E-state index in [0.29, 0.717) is 16.9 Å². The van der Waals surface area contributed by atoms with Crippen LogP contribution in [0.25, 0.3) is 0 Å². The summed E-state index contributed by atoms with van der Waals surface area (Å²) in [5.41, 5.74) is 0.313. The molecule has 3 rings (SSSR count). The van der Waals surface area contributed by atoms with Crippen molar-refractivity contribution in [3.63, 3.8) is 0 Å². The maximum atomic E-state index is 13.8. The number of halogens is 5. The van der Waals surface area contributed by atoms with Gasteiger partial charge in [-0.1, -0.05) is 18.2 Å². The molecule has 0 heterocycles. The molecule has 0 aliphatic carbocycles. The van der Waals surface area contributed by atoms with Crippen LogP contribution in [0.4, 0.5) is 39.0 Å². The topological polar surface area (TPSA) is 32.3 Å². The summed E-state index contributed by atoms with van der Waals surface area (Å²) in [5, 5.41) is 2.41. The van der Waals surface area contributed by atoms with Crippen molar-refractivity contribution in [1.82, 2.24) is 0 Å². The van der Waals surface area contributed by atoms with Crippen molar-refractivity contribution >= 4 is 23.0 Å². The van der Waals surface area contributed by atoms with Crippen molar-refractivity contribution < 1.29 is 26.7 Å². The van der Waals surface area contributed by atoms with Crippen LogP contribution in [0.1, 0.15) is 21.5 Å². The van der Waals surface area contributed by atoms with E-state index in [2.05, 4.69) is 11.9 Å². The van der Waals surface area contributed by atoms with E-state index in [1.54, 1.807) is 30.0 Å². The zero-order valence-corrected chi connectivity index (χ0v) is 17.0. The Morgan fingerprint density at radius 1 is 1.03 bits per heavy atom. The van der Waals surface area contributed by atoms with E-state index < -0.39 is 34.8 Å². The first-order chi connectivity index (χ1) is 15.1. The Morgan fingerprint density at radius 2 is 1.66 bits per heavy atom. The van der Waals surface area contributed by atoms with Gasteiger partial charge in [-0.15, -0.1) is 6.58 Å². The molecule has 3 aromatic carbocycles. The van der Waals surface area contributed by atoms with Gasteiger partial charge in [0.25, 0.3) is 5.91 Å². The Bertz CT molecular complexity index is 1120. The van der Waals surface area contributed by atoms with Gasteiger partial charge in [0.15, 0.2) is 0 Å². The highest BCUT2D eigenvalue weighted by molar-refractivity contribution is 6.04. The van der Waals surface area contributed by atoms with Crippen molar-refractivity contribution in [3.05, 3.63) is 102 Å². The molecule has 0 saturated carbocycles. The Hall–Kier alpha value is -3.68. The third-order valence-electron chi connectivity index (χ3n) is 4.77. The van der Waals surface area contributed by atoms with Gasteiger partial charge in [-0.2, -0.15) is 13.2 Å². The molecule has 3 nitrogen and oxygen atoms in total. The molecule has 0 radical (unpaired) electrons. The molecule has 3 aromatic rings. The molecule has 0 spiro atoms. The van der Waals surface area contributed by atoms with E-state index in [-0.39, 0.29) is 12.2 Å². The molecule has 0 aliphatic heterocycles. The number of nitrogens with one attached hydrogen (secondary N) is 1. The van der Waals surface area contributed by atoms with Gasteiger partial charge in [-0.05, 0) is 61.0 Å². The maximum absolute atomic E-state index is 13.8. The van der Waals surface area contributed by atoms with E-state index in [1.165, 1.54) is 18.2 Å². The lowest BCUT2D eigenvalue weighted by Gasteiger charge is -2.26. The quantitative estimate of drug-likeness (QED) is 0.331. The SMILES string of the molecule is C=CCN(c1ccc(NC(=O)c2c(F)cccc2F)cc1)c1cc(C(F)(F)F)ccc1C. The average Bonchev–Trinajstić information content (AvgIpc) is 2.72. The van der Waals surface area contributed by atoms with Crippen LogP contribution < -0.4 is 10.2 Å². The predicted molar refractivity (Wildman–Crippen MR) is 114 cm³/mol. The fourth-order valence-corrected chi connectivity index (χ4v) is 3.18. The number of alkyl halides is 3. The standard InChI is InChI=1S/C24H19F5N2O/c1-3-13-31(21-14-16(24(27,28)29)8-7-15(21)2)18-11-9-17(10-12-18)30-23(32)22-19(25)5-4-6-20(22)26/h3-12,14H,1,13H2,2H3,(H,30,32). The highest BCUT2D eigenvalue weighted by atomic mass is 19.4. The van der Waals surface area contributed by atoms with Gasteiger partial charge in [0.1, 0.15) is 17.2 Å². The Balaban J connectivity index is 1.89. The van der Waals surface area contributed by atoms with Gasteiger partial charge < -0.3 is 10.2 Å². The number of benzene rings is 3. The van der Waals surface area contributed by atoms with E-state index in [9.17, 15) is 26.7 Å². The van der Waals surface area contributed by atoms with Crippen molar-refractivity contribution in [3.8, 4) is 0 Å². The highest BCUT2D eigenvalue weighted by Crippen LogP contribution is 2.36. The number of aryl methyl sites for hydroxylation is 1. The van der Waals surface area contributed by atoms with Gasteiger partial charge in [-0.25, -0.2) is 8.78 Å². The summed E-state index contributed by atoms with van der Waals surface area (Å²) in [5.74, 6) is -2.93. The Morgan fingerprint density at radius 3 is 2.22 bits per heavy atom. The third-order valence-corrected chi connectivity index (χ3v) is 4.77. The van der Waals surface area contributed by atoms with Gasteiger partial charge in [0, 0.05) is 23.6 Å². The van der Waals surface area contributed by atoms with Crippen LogP contribution in [-0.4, -0.2) is 12.5 Å². The first kappa shape index (κ1) is 23.0. The smallest absolute Gasteiger partial charge is 0.337 e. The predicted octanol–water partition coefficient (Wildman–Crippen LogP) is 6.87. The van der Waals surface area contributed by atoms with E-state index in [4.69, 9.17) is 0 Å². The summed E-state index contributed by atoms with van der Waals surface area (Å²) in [6.45, 7) is 5.60. The second-order valence-corrected chi connectivity index (χ2v) is 7.00. The van der Waals surface area contributed by atoms with Gasteiger partial charge >= 0.3 is 6.18 Å². The van der Waals surface area contributed by atoms with E-state index in [1.807, 2.05) is 0 Å². The molecular formula is C24H19F5N2O. The number of hydrogen-bond donors (Lipinski definition) is 1. The second kappa shape index (κ2) is 9.21. The van der Waals surface area contributed by atoms with Crippen LogP contribution in [-0.2, 0) is 6.18 Å². The fourth-order valence-electron chi connectivity index (χ4n) is 3.18. The molecule has 0 fully saturated rings. The molecule has 0 bridgehead atoms. The Kier molecular flexibility index (Phi) is 6.62. The molecule has 166 valence electrons. The lowest BCUT2D eigenvalue weighted by Crippen LogP contribution is -2.19. The number of nitrogens with zero attached hydrogens (tertiary/aromatic N) is 1. The van der Waals surface area contributed by atoms with E-state index >= 15 is 0 Å². The number of carbonyl (C=O) groups is 1. The highest BCUT2D eigenvalue weighted by Gasteiger charge is 2.31. The van der Waals surface area contributed by atoms with Crippen molar-refractivity contribution in [2.24, 2.45) is 0 Å². The summed E-state index contributed by atoms with van der Waals surface area (Å²) in [6, 6.07) is 12.7. The lowest BCUT2D eigenvalue weighted by atomic mass is 10.1. The zero-order chi connectivity index (χ0) is 23.5. The van der Waals surface area contributed by atoms with Crippen molar-refractivity contribution in [1.29, 1.82) is 0 Å². The molecule has 0 atom stereocenters. The molecular weight excluding hydrogens is 427 g/mol. The number of amides is 1. The second-order valence-electron chi connectivity index (χ2n) is 7.00. The van der Waals surface area contributed by atoms with Crippen LogP contribution >= 0.6 is 0 Å². The third kappa shape index (κ3) is 4.96. The molecule has 1 amide bonds. The summed E-state index contributed by atoms with van der Waals surface area (Å²) < 4.78 is 67.2.